The molecule has 31 heavy (non-hydrogen) atoms. The maximum atomic E-state index is 12.4. The minimum absolute atomic E-state index is 0.0670. The van der Waals surface area contributed by atoms with Crippen molar-refractivity contribution in [2.75, 3.05) is 14.1 Å². The minimum atomic E-state index is -0.355. The van der Waals surface area contributed by atoms with Crippen molar-refractivity contribution < 1.29 is 14.7 Å². The van der Waals surface area contributed by atoms with Gasteiger partial charge in [0.15, 0.2) is 5.78 Å². The highest BCUT2D eigenvalue weighted by molar-refractivity contribution is 5.89. The van der Waals surface area contributed by atoms with Crippen LogP contribution in [0, 0.1) is 24.7 Å². The van der Waals surface area contributed by atoms with Gasteiger partial charge < -0.3 is 10.0 Å². The van der Waals surface area contributed by atoms with Crippen LogP contribution in [0.25, 0.3) is 0 Å². The van der Waals surface area contributed by atoms with Crippen LogP contribution in [0.4, 0.5) is 0 Å². The van der Waals surface area contributed by atoms with Gasteiger partial charge in [0.05, 0.1) is 6.10 Å². The minimum Gasteiger partial charge on any atom is -0.392 e. The first-order valence-electron chi connectivity index (χ1n) is 11.7. The highest BCUT2D eigenvalue weighted by atomic mass is 16.3. The number of nitrogens with zero attached hydrogens (tertiary/aromatic N) is 1. The summed E-state index contributed by atoms with van der Waals surface area (Å²) in [5, 5.41) is 10.5. The first-order chi connectivity index (χ1) is 14.8. The molecule has 0 spiro atoms. The molecule has 1 aromatic carbocycles. The molecule has 0 heterocycles. The molecule has 2 aliphatic carbocycles. The Kier molecular flexibility index (Phi) is 8.25. The molecule has 4 nitrogen and oxygen atoms in total. The number of carbonyl (C=O) groups is 2. The molecular formula is C27H37NO3. The highest BCUT2D eigenvalue weighted by Crippen LogP contribution is 2.48. The van der Waals surface area contributed by atoms with Gasteiger partial charge >= 0.3 is 0 Å². The second-order valence-electron chi connectivity index (χ2n) is 9.54. The average molecular weight is 424 g/mol. The molecule has 0 saturated heterocycles. The molecule has 2 aliphatic rings. The Labute approximate surface area is 187 Å². The smallest absolute Gasteiger partial charge is 0.222 e. The molecular weight excluding hydrogens is 386 g/mol. The van der Waals surface area contributed by atoms with Crippen LogP contribution in [0.15, 0.2) is 48.1 Å². The third-order valence-corrected chi connectivity index (χ3v) is 6.87. The Morgan fingerprint density at radius 3 is 2.55 bits per heavy atom. The number of benzene rings is 1. The lowest BCUT2D eigenvalue weighted by atomic mass is 9.88. The van der Waals surface area contributed by atoms with Crippen molar-refractivity contribution in [1.82, 2.24) is 4.90 Å². The van der Waals surface area contributed by atoms with E-state index in [2.05, 4.69) is 37.3 Å². The maximum absolute atomic E-state index is 12.4. The number of rotatable bonds is 10. The Morgan fingerprint density at radius 1 is 1.10 bits per heavy atom. The topological polar surface area (TPSA) is 57.6 Å². The Bertz CT molecular complexity index is 821. The molecule has 0 bridgehead atoms. The summed E-state index contributed by atoms with van der Waals surface area (Å²) in [6.45, 7) is 2.06. The number of hydrogen-bond acceptors (Lipinski definition) is 3. The third-order valence-electron chi connectivity index (χ3n) is 6.87. The molecule has 1 aromatic rings. The quantitative estimate of drug-likeness (QED) is 0.339. The Hall–Kier alpha value is -2.20. The van der Waals surface area contributed by atoms with Crippen LogP contribution in [0.3, 0.4) is 0 Å². The average Bonchev–Trinajstić information content (AvgIpc) is 3.25. The molecule has 168 valence electrons. The van der Waals surface area contributed by atoms with Crippen LogP contribution < -0.4 is 0 Å². The second kappa shape index (κ2) is 10.9. The summed E-state index contributed by atoms with van der Waals surface area (Å²) in [6, 6.07) is 8.32. The molecule has 1 N–H and O–H groups in total. The lowest BCUT2D eigenvalue weighted by Gasteiger charge is -2.18. The van der Waals surface area contributed by atoms with Crippen molar-refractivity contribution in [3.05, 3.63) is 59.2 Å². The first-order valence-corrected chi connectivity index (χ1v) is 11.7. The van der Waals surface area contributed by atoms with E-state index in [1.807, 2.05) is 6.08 Å². The number of unbranched alkanes of at least 4 members (excludes halogenated alkanes) is 1. The largest absolute Gasteiger partial charge is 0.392 e. The summed E-state index contributed by atoms with van der Waals surface area (Å²) < 4.78 is 0. The summed E-state index contributed by atoms with van der Waals surface area (Å²) in [4.78, 5) is 25.7. The van der Waals surface area contributed by atoms with E-state index < -0.39 is 0 Å². The van der Waals surface area contributed by atoms with Crippen molar-refractivity contribution in [2.24, 2.45) is 17.8 Å². The summed E-state index contributed by atoms with van der Waals surface area (Å²) in [7, 11) is 3.60. The fraction of sp³-hybridized carbons (Fsp3) is 0.556. The van der Waals surface area contributed by atoms with Gasteiger partial charge in [-0.05, 0) is 68.9 Å². The van der Waals surface area contributed by atoms with Gasteiger partial charge in [-0.3, -0.25) is 9.59 Å². The molecule has 0 aliphatic heterocycles. The van der Waals surface area contributed by atoms with Crippen LogP contribution in [0.2, 0.25) is 0 Å². The van der Waals surface area contributed by atoms with Crippen molar-refractivity contribution in [3.8, 4) is 0 Å². The van der Waals surface area contributed by atoms with Crippen LogP contribution in [-0.2, 0) is 16.0 Å². The molecule has 0 radical (unpaired) electrons. The normalized spacial score (nSPS) is 25.0. The van der Waals surface area contributed by atoms with Gasteiger partial charge in [0, 0.05) is 32.9 Å². The third kappa shape index (κ3) is 6.64. The SMILES string of the molecule is Cc1ccc(CCC(=O)/C=C/[C@@H]2[C@H]3CC(CCCCC(=O)N(C)C)=C[C@H]3C[C@H]2O)cc1. The summed E-state index contributed by atoms with van der Waals surface area (Å²) in [5.74, 6) is 1.23. The number of hydrogen-bond donors (Lipinski definition) is 1. The van der Waals surface area contributed by atoms with Crippen LogP contribution in [0.1, 0.15) is 56.1 Å². The molecule has 0 aromatic heterocycles. The monoisotopic (exact) mass is 423 g/mol. The lowest BCUT2D eigenvalue weighted by Crippen LogP contribution is -2.21. The highest BCUT2D eigenvalue weighted by Gasteiger charge is 2.43. The lowest BCUT2D eigenvalue weighted by molar-refractivity contribution is -0.128. The van der Waals surface area contributed by atoms with Crippen molar-refractivity contribution >= 4 is 11.7 Å². The van der Waals surface area contributed by atoms with Gasteiger partial charge in [-0.25, -0.2) is 0 Å². The van der Waals surface area contributed by atoms with Gasteiger partial charge in [-0.15, -0.1) is 0 Å². The van der Waals surface area contributed by atoms with Gasteiger partial charge in [0.2, 0.25) is 5.91 Å². The Balaban J connectivity index is 1.44. The van der Waals surface area contributed by atoms with E-state index in [0.29, 0.717) is 24.7 Å². The number of amides is 1. The van der Waals surface area contributed by atoms with E-state index in [1.54, 1.807) is 25.1 Å². The van der Waals surface area contributed by atoms with Crippen molar-refractivity contribution in [1.29, 1.82) is 0 Å². The van der Waals surface area contributed by atoms with E-state index in [0.717, 1.165) is 38.5 Å². The van der Waals surface area contributed by atoms with Gasteiger partial charge in [-0.1, -0.05) is 47.6 Å². The maximum Gasteiger partial charge on any atom is 0.222 e. The number of aliphatic hydroxyl groups is 1. The van der Waals surface area contributed by atoms with E-state index in [9.17, 15) is 14.7 Å². The van der Waals surface area contributed by atoms with Crippen LogP contribution in [-0.4, -0.2) is 41.9 Å². The predicted octanol–water partition coefficient (Wildman–Crippen LogP) is 4.64. The molecule has 4 atom stereocenters. The number of ketones is 1. The van der Waals surface area contributed by atoms with Crippen molar-refractivity contribution in [3.63, 3.8) is 0 Å². The number of carbonyl (C=O) groups excluding carboxylic acids is 2. The zero-order valence-electron chi connectivity index (χ0n) is 19.2. The summed E-state index contributed by atoms with van der Waals surface area (Å²) in [6.07, 6.45) is 12.3. The first kappa shape index (κ1) is 23.5. The van der Waals surface area contributed by atoms with E-state index in [4.69, 9.17) is 0 Å². The zero-order valence-corrected chi connectivity index (χ0v) is 19.2. The number of allylic oxidation sites excluding steroid dienone is 3. The fourth-order valence-electron chi connectivity index (χ4n) is 4.97. The molecule has 1 amide bonds. The summed E-state index contributed by atoms with van der Waals surface area (Å²) in [5.41, 5.74) is 3.87. The number of aliphatic hydroxyl groups excluding tert-OH is 1. The van der Waals surface area contributed by atoms with E-state index in [-0.39, 0.29) is 23.7 Å². The number of aryl methyl sites for hydroxylation is 2. The molecule has 1 fully saturated rings. The van der Waals surface area contributed by atoms with Crippen LogP contribution in [0.5, 0.6) is 0 Å². The predicted molar refractivity (Wildman–Crippen MR) is 125 cm³/mol. The van der Waals surface area contributed by atoms with E-state index >= 15 is 0 Å². The molecule has 3 rings (SSSR count). The van der Waals surface area contributed by atoms with E-state index in [1.165, 1.54) is 16.7 Å². The summed E-state index contributed by atoms with van der Waals surface area (Å²) >= 11 is 0. The molecule has 1 saturated carbocycles. The van der Waals surface area contributed by atoms with Crippen LogP contribution >= 0.6 is 0 Å². The Morgan fingerprint density at radius 2 is 1.84 bits per heavy atom. The zero-order chi connectivity index (χ0) is 22.4. The second-order valence-corrected chi connectivity index (χ2v) is 9.54. The molecule has 0 unspecified atom stereocenters. The van der Waals surface area contributed by atoms with Gasteiger partial charge in [0.1, 0.15) is 0 Å². The fourth-order valence-corrected chi connectivity index (χ4v) is 4.97. The number of fused-ring (bicyclic) bond motifs is 1. The van der Waals surface area contributed by atoms with Gasteiger partial charge in [0.25, 0.3) is 0 Å². The molecule has 4 heteroatoms. The standard InChI is InChI=1S/C27H37NO3/c1-19-8-10-20(11-9-19)12-13-23(29)14-15-24-25-17-21(16-22(25)18-26(24)30)6-4-5-7-27(31)28(2)3/h8-11,14-16,22,24-26,30H,4-7,12-13,17-18H2,1-3H3/b15-14+/t22-,24+,25-,26+/m0/s1. The van der Waals surface area contributed by atoms with Crippen molar-refractivity contribution in [2.45, 2.75) is 64.4 Å². The van der Waals surface area contributed by atoms with Gasteiger partial charge in [-0.2, -0.15) is 0 Å².